The van der Waals surface area contributed by atoms with Crippen molar-refractivity contribution in [2.24, 2.45) is 5.41 Å². The van der Waals surface area contributed by atoms with Gasteiger partial charge in [-0.1, -0.05) is 6.07 Å². The van der Waals surface area contributed by atoms with Crippen molar-refractivity contribution in [2.75, 3.05) is 18.4 Å². The van der Waals surface area contributed by atoms with Gasteiger partial charge in [0.1, 0.15) is 5.82 Å². The molecule has 1 aliphatic carbocycles. The number of aromatic nitrogens is 1. The summed E-state index contributed by atoms with van der Waals surface area (Å²) in [6.07, 6.45) is 5.35. The number of nitrogens with zero attached hydrogens (tertiary/aromatic N) is 1. The monoisotopic (exact) mass is 235 g/mol. The Morgan fingerprint density at radius 3 is 3.06 bits per heavy atom. The minimum absolute atomic E-state index is 0.426. The third-order valence-electron chi connectivity index (χ3n) is 3.97. The lowest BCUT2D eigenvalue weighted by Gasteiger charge is -2.30. The van der Waals surface area contributed by atoms with Crippen LogP contribution < -0.4 is 10.6 Å². The molecule has 3 rings (SSSR count). The Labute approximate surface area is 101 Å². The van der Waals surface area contributed by atoms with Crippen LogP contribution in [-0.4, -0.2) is 24.1 Å². The van der Waals surface area contributed by atoms with Crippen LogP contribution in [0.15, 0.2) is 18.2 Å². The lowest BCUT2D eigenvalue weighted by molar-refractivity contribution is 0.290. The minimum atomic E-state index is -0.426. The molecule has 1 saturated heterocycles. The Morgan fingerprint density at radius 1 is 1.41 bits per heavy atom. The van der Waals surface area contributed by atoms with Crippen LogP contribution in [0.2, 0.25) is 0 Å². The highest BCUT2D eigenvalue weighted by atomic mass is 19.1. The molecule has 0 aromatic carbocycles. The fraction of sp³-hybridized carbons (Fsp3) is 0.615. The van der Waals surface area contributed by atoms with Gasteiger partial charge in [-0.3, -0.25) is 0 Å². The van der Waals surface area contributed by atoms with Crippen LogP contribution in [0.4, 0.5) is 10.2 Å². The molecule has 2 N–H and O–H groups in total. The zero-order valence-electron chi connectivity index (χ0n) is 9.88. The average Bonchev–Trinajstić information content (AvgIpc) is 3.06. The summed E-state index contributed by atoms with van der Waals surface area (Å²) < 4.78 is 12.9. The molecule has 0 bridgehead atoms. The molecule has 3 nitrogen and oxygen atoms in total. The molecule has 0 amide bonds. The number of anilines is 1. The molecule has 1 aliphatic heterocycles. The molecule has 92 valence electrons. The van der Waals surface area contributed by atoms with Crippen LogP contribution in [0.3, 0.4) is 0 Å². The molecule has 1 aromatic heterocycles. The summed E-state index contributed by atoms with van der Waals surface area (Å²) in [6.45, 7) is 1.95. The Hall–Kier alpha value is -1.16. The molecule has 1 saturated carbocycles. The van der Waals surface area contributed by atoms with Crippen molar-refractivity contribution in [1.29, 1.82) is 0 Å². The van der Waals surface area contributed by atoms with Gasteiger partial charge in [-0.25, -0.2) is 4.98 Å². The second-order valence-corrected chi connectivity index (χ2v) is 5.33. The van der Waals surface area contributed by atoms with Crippen molar-refractivity contribution in [1.82, 2.24) is 10.3 Å². The van der Waals surface area contributed by atoms with Crippen molar-refractivity contribution < 1.29 is 4.39 Å². The standard InChI is InChI=1S/C13H18FN3/c14-11-2-1-3-12(17-11)16-9-10-8-13(4-5-13)6-7-15-10/h1-3,10,15H,4-9H2,(H,16,17). The lowest BCUT2D eigenvalue weighted by Crippen LogP contribution is -2.43. The van der Waals surface area contributed by atoms with E-state index in [1.807, 2.05) is 0 Å². The summed E-state index contributed by atoms with van der Waals surface area (Å²) >= 11 is 0. The maximum Gasteiger partial charge on any atom is 0.214 e. The summed E-state index contributed by atoms with van der Waals surface area (Å²) in [7, 11) is 0. The van der Waals surface area contributed by atoms with Crippen LogP contribution in [0.1, 0.15) is 25.7 Å². The van der Waals surface area contributed by atoms with Gasteiger partial charge in [0.25, 0.3) is 0 Å². The first-order chi connectivity index (χ1) is 8.26. The van der Waals surface area contributed by atoms with Crippen LogP contribution >= 0.6 is 0 Å². The maximum atomic E-state index is 12.9. The first kappa shape index (κ1) is 11.0. The maximum absolute atomic E-state index is 12.9. The molecule has 2 heterocycles. The number of pyridine rings is 1. The van der Waals surface area contributed by atoms with Gasteiger partial charge in [-0.15, -0.1) is 0 Å². The van der Waals surface area contributed by atoms with Crippen LogP contribution in [0.5, 0.6) is 0 Å². The quantitative estimate of drug-likeness (QED) is 0.788. The number of piperidine rings is 1. The second kappa shape index (κ2) is 4.26. The summed E-state index contributed by atoms with van der Waals surface area (Å²) in [5.74, 6) is 0.201. The zero-order valence-corrected chi connectivity index (χ0v) is 9.88. The summed E-state index contributed by atoms with van der Waals surface area (Å²) in [5, 5.41) is 6.72. The Bertz CT molecular complexity index is 403. The van der Waals surface area contributed by atoms with E-state index >= 15 is 0 Å². The molecule has 1 aromatic rings. The topological polar surface area (TPSA) is 37.0 Å². The van der Waals surface area contributed by atoms with E-state index < -0.39 is 5.95 Å². The Balaban J connectivity index is 1.53. The van der Waals surface area contributed by atoms with Crippen LogP contribution in [0, 0.1) is 11.4 Å². The number of hydrogen-bond donors (Lipinski definition) is 2. The van der Waals surface area contributed by atoms with E-state index in [1.54, 1.807) is 12.1 Å². The molecule has 17 heavy (non-hydrogen) atoms. The number of rotatable bonds is 3. The molecular formula is C13H18FN3. The fourth-order valence-corrected chi connectivity index (χ4v) is 2.75. The van der Waals surface area contributed by atoms with Gasteiger partial charge in [0.05, 0.1) is 0 Å². The minimum Gasteiger partial charge on any atom is -0.368 e. The van der Waals surface area contributed by atoms with Gasteiger partial charge in [0, 0.05) is 12.6 Å². The second-order valence-electron chi connectivity index (χ2n) is 5.33. The van der Waals surface area contributed by atoms with Gasteiger partial charge >= 0.3 is 0 Å². The zero-order chi connectivity index (χ0) is 11.7. The summed E-state index contributed by atoms with van der Waals surface area (Å²) in [5.41, 5.74) is 0.646. The largest absolute Gasteiger partial charge is 0.368 e. The molecule has 2 aliphatic rings. The highest BCUT2D eigenvalue weighted by Gasteiger charge is 2.45. The molecule has 2 fully saturated rings. The van der Waals surface area contributed by atoms with E-state index in [4.69, 9.17) is 0 Å². The highest BCUT2D eigenvalue weighted by Crippen LogP contribution is 2.53. The predicted octanol–water partition coefficient (Wildman–Crippen LogP) is 2.16. The van der Waals surface area contributed by atoms with Crippen molar-refractivity contribution in [2.45, 2.75) is 31.7 Å². The third-order valence-corrected chi connectivity index (χ3v) is 3.97. The Kier molecular flexibility index (Phi) is 2.74. The van der Waals surface area contributed by atoms with Crippen molar-refractivity contribution in [3.8, 4) is 0 Å². The first-order valence-electron chi connectivity index (χ1n) is 6.36. The molecule has 1 spiro atoms. The van der Waals surface area contributed by atoms with Gasteiger partial charge in [0.2, 0.25) is 5.95 Å². The van der Waals surface area contributed by atoms with E-state index in [0.29, 0.717) is 17.3 Å². The van der Waals surface area contributed by atoms with E-state index in [9.17, 15) is 4.39 Å². The van der Waals surface area contributed by atoms with Crippen LogP contribution in [0.25, 0.3) is 0 Å². The van der Waals surface area contributed by atoms with E-state index in [0.717, 1.165) is 13.1 Å². The van der Waals surface area contributed by atoms with Crippen molar-refractivity contribution in [3.63, 3.8) is 0 Å². The summed E-state index contributed by atoms with van der Waals surface area (Å²) in [4.78, 5) is 3.80. The summed E-state index contributed by atoms with van der Waals surface area (Å²) in [6, 6.07) is 5.35. The number of halogens is 1. The van der Waals surface area contributed by atoms with Gasteiger partial charge in [-0.2, -0.15) is 4.39 Å². The van der Waals surface area contributed by atoms with Crippen LogP contribution in [-0.2, 0) is 0 Å². The first-order valence-corrected chi connectivity index (χ1v) is 6.36. The average molecular weight is 235 g/mol. The van der Waals surface area contributed by atoms with Gasteiger partial charge in [-0.05, 0) is 49.8 Å². The fourth-order valence-electron chi connectivity index (χ4n) is 2.75. The van der Waals surface area contributed by atoms with E-state index in [-0.39, 0.29) is 0 Å². The highest BCUT2D eigenvalue weighted by molar-refractivity contribution is 5.33. The normalized spacial score (nSPS) is 25.8. The molecule has 4 heteroatoms. The number of nitrogens with one attached hydrogen (secondary N) is 2. The van der Waals surface area contributed by atoms with Gasteiger partial charge in [0.15, 0.2) is 0 Å². The van der Waals surface area contributed by atoms with Crippen molar-refractivity contribution in [3.05, 3.63) is 24.1 Å². The molecule has 1 atom stereocenters. The number of hydrogen-bond acceptors (Lipinski definition) is 3. The molecule has 1 unspecified atom stereocenters. The molecule has 0 radical (unpaired) electrons. The smallest absolute Gasteiger partial charge is 0.214 e. The van der Waals surface area contributed by atoms with E-state index in [1.165, 1.54) is 31.7 Å². The SMILES string of the molecule is Fc1cccc(NCC2CC3(CCN2)CC3)n1. The molecular weight excluding hydrogens is 217 g/mol. The predicted molar refractivity (Wildman–Crippen MR) is 65.4 cm³/mol. The van der Waals surface area contributed by atoms with Gasteiger partial charge < -0.3 is 10.6 Å². The third kappa shape index (κ3) is 2.57. The van der Waals surface area contributed by atoms with E-state index in [2.05, 4.69) is 15.6 Å². The Morgan fingerprint density at radius 2 is 2.29 bits per heavy atom. The lowest BCUT2D eigenvalue weighted by atomic mass is 9.89. The van der Waals surface area contributed by atoms with Crippen molar-refractivity contribution >= 4 is 5.82 Å².